The second kappa shape index (κ2) is 6.99. The normalized spacial score (nSPS) is 20.2. The van der Waals surface area contributed by atoms with Crippen molar-refractivity contribution in [3.8, 4) is 0 Å². The molecular weight excluding hydrogens is 402 g/mol. The fourth-order valence-electron chi connectivity index (χ4n) is 4.10. The minimum absolute atomic E-state index is 0.0605. The van der Waals surface area contributed by atoms with Crippen LogP contribution in [0.1, 0.15) is 55.8 Å². The van der Waals surface area contributed by atoms with Crippen LogP contribution in [0, 0.1) is 0 Å². The summed E-state index contributed by atoms with van der Waals surface area (Å²) in [5.74, 6) is 0. The summed E-state index contributed by atoms with van der Waals surface area (Å²) in [6, 6.07) is 1.11. The van der Waals surface area contributed by atoms with Gasteiger partial charge in [-0.1, -0.05) is 13.8 Å². The molecule has 158 valence electrons. The average Bonchev–Trinajstić information content (AvgIpc) is 3.34. The van der Waals surface area contributed by atoms with Crippen molar-refractivity contribution in [2.45, 2.75) is 69.3 Å². The van der Waals surface area contributed by atoms with Gasteiger partial charge < -0.3 is 10.4 Å². The van der Waals surface area contributed by atoms with Crippen LogP contribution in [-0.2, 0) is 34.6 Å². The van der Waals surface area contributed by atoms with Crippen molar-refractivity contribution in [3.63, 3.8) is 0 Å². The van der Waals surface area contributed by atoms with Crippen LogP contribution >= 0.6 is 0 Å². The molecular formula is C18H24F2N6O2S. The van der Waals surface area contributed by atoms with Crippen molar-refractivity contribution in [3.05, 3.63) is 34.8 Å². The molecule has 4 N–H and O–H groups in total. The van der Waals surface area contributed by atoms with Gasteiger partial charge in [-0.15, -0.1) is 0 Å². The number of nitrogens with one attached hydrogen (secondary N) is 1. The monoisotopic (exact) mass is 426 g/mol. The highest BCUT2D eigenvalue weighted by Crippen LogP contribution is 2.44. The molecule has 0 saturated heterocycles. The number of pyridine rings is 1. The molecule has 2 atom stereocenters. The number of alkyl halides is 2. The van der Waals surface area contributed by atoms with Crippen molar-refractivity contribution in [1.29, 1.82) is 0 Å². The molecule has 11 heteroatoms. The van der Waals surface area contributed by atoms with Gasteiger partial charge in [-0.3, -0.25) is 4.98 Å². The average molecular weight is 426 g/mol. The molecule has 2 aliphatic carbocycles. The van der Waals surface area contributed by atoms with Gasteiger partial charge >= 0.3 is 6.55 Å². The fraction of sp³-hybridized carbons (Fsp3) is 0.556. The lowest BCUT2D eigenvalue weighted by Crippen LogP contribution is -2.24. The Kier molecular flexibility index (Phi) is 4.87. The summed E-state index contributed by atoms with van der Waals surface area (Å²) >= 11 is 0. The van der Waals surface area contributed by atoms with Crippen LogP contribution in [0.25, 0.3) is 0 Å². The maximum Gasteiger partial charge on any atom is 0.333 e. The first-order chi connectivity index (χ1) is 13.6. The zero-order valence-electron chi connectivity index (χ0n) is 16.2. The lowest BCUT2D eigenvalue weighted by molar-refractivity contribution is 0.0554. The van der Waals surface area contributed by atoms with Crippen LogP contribution in [0.2, 0.25) is 0 Å². The van der Waals surface area contributed by atoms with Crippen LogP contribution in [0.5, 0.6) is 0 Å². The number of rotatable bonds is 5. The number of aliphatic hydroxyl groups is 1. The molecule has 0 saturated carbocycles. The van der Waals surface area contributed by atoms with Crippen molar-refractivity contribution >= 4 is 15.6 Å². The number of halogens is 2. The van der Waals surface area contributed by atoms with E-state index in [-0.39, 0.29) is 10.4 Å². The highest BCUT2D eigenvalue weighted by Gasteiger charge is 2.36. The number of hydrogen-bond donors (Lipinski definition) is 3. The Morgan fingerprint density at radius 2 is 2.10 bits per heavy atom. The van der Waals surface area contributed by atoms with E-state index in [0.29, 0.717) is 4.68 Å². The Morgan fingerprint density at radius 1 is 1.34 bits per heavy atom. The largest absolute Gasteiger partial charge is 0.355 e. The van der Waals surface area contributed by atoms with Gasteiger partial charge in [-0.25, -0.2) is 14.0 Å². The quantitative estimate of drug-likeness (QED) is 0.635. The molecule has 0 fully saturated rings. The highest BCUT2D eigenvalue weighted by molar-refractivity contribution is 7.91. The Labute approximate surface area is 167 Å². The SMILES string of the molecule is CC1(C)CCc2c1nc1c(c2NC(O)N=S(N)(=O)c2ccn(C(F)F)n2)CCC1. The summed E-state index contributed by atoms with van der Waals surface area (Å²) in [5, 5.41) is 22.3. The number of aryl methyl sites for hydroxylation is 1. The van der Waals surface area contributed by atoms with Gasteiger partial charge in [0.05, 0.1) is 5.69 Å². The number of nitrogens with two attached hydrogens (primary N) is 1. The Balaban J connectivity index is 1.68. The molecule has 2 heterocycles. The molecule has 0 spiro atoms. The van der Waals surface area contributed by atoms with Crippen LogP contribution in [0.4, 0.5) is 14.5 Å². The first-order valence-corrected chi connectivity index (χ1v) is 11.0. The number of anilines is 1. The zero-order chi connectivity index (χ0) is 21.0. The maximum absolute atomic E-state index is 12.7. The van der Waals surface area contributed by atoms with Gasteiger partial charge in [0.1, 0.15) is 0 Å². The van der Waals surface area contributed by atoms with E-state index >= 15 is 0 Å². The first-order valence-electron chi connectivity index (χ1n) is 9.45. The van der Waals surface area contributed by atoms with E-state index in [4.69, 9.17) is 10.1 Å². The molecule has 2 aromatic heterocycles. The molecule has 0 amide bonds. The number of aliphatic hydroxyl groups excluding tert-OH is 1. The number of aromatic nitrogens is 3. The molecule has 8 nitrogen and oxygen atoms in total. The van der Waals surface area contributed by atoms with Gasteiger partial charge in [0, 0.05) is 23.0 Å². The van der Waals surface area contributed by atoms with Crippen LogP contribution in [0.15, 0.2) is 21.7 Å². The third-order valence-electron chi connectivity index (χ3n) is 5.58. The maximum atomic E-state index is 12.7. The Bertz CT molecular complexity index is 1070. The lowest BCUT2D eigenvalue weighted by Gasteiger charge is -2.22. The zero-order valence-corrected chi connectivity index (χ0v) is 17.0. The van der Waals surface area contributed by atoms with Gasteiger partial charge in [0.25, 0.3) is 0 Å². The molecule has 0 aliphatic heterocycles. The van der Waals surface area contributed by atoms with E-state index in [0.717, 1.165) is 72.6 Å². The Hall–Kier alpha value is -2.11. The van der Waals surface area contributed by atoms with E-state index in [1.54, 1.807) is 0 Å². The third kappa shape index (κ3) is 3.62. The van der Waals surface area contributed by atoms with Gasteiger partial charge in [0.15, 0.2) is 14.9 Å². The van der Waals surface area contributed by atoms with Crippen LogP contribution in [0.3, 0.4) is 0 Å². The topological polar surface area (TPSA) is 118 Å². The fourth-order valence-corrected chi connectivity index (χ4v) is 5.02. The van der Waals surface area contributed by atoms with E-state index in [1.807, 2.05) is 0 Å². The molecule has 29 heavy (non-hydrogen) atoms. The molecule has 0 aromatic carbocycles. The molecule has 0 bridgehead atoms. The standard InChI is InChI=1S/C18H24F2N6O2S/c1-18(2)8-6-11-14(10-4-3-5-12(10)22-15(11)18)23-17(27)25-29(21,28)13-7-9-26(24-13)16(19)20/h7,9,16-17,27H,3-6,8H2,1-2H3,(H,22,23)(H2,21,25,28). The van der Waals surface area contributed by atoms with E-state index in [9.17, 15) is 18.1 Å². The second-order valence-corrected chi connectivity index (χ2v) is 9.85. The summed E-state index contributed by atoms with van der Waals surface area (Å²) in [4.78, 5) is 4.88. The first kappa shape index (κ1) is 20.2. The predicted octanol–water partition coefficient (Wildman–Crippen LogP) is 2.47. The van der Waals surface area contributed by atoms with Crippen LogP contribution < -0.4 is 10.5 Å². The Morgan fingerprint density at radius 3 is 2.79 bits per heavy atom. The smallest absolute Gasteiger partial charge is 0.333 e. The molecule has 4 rings (SSSR count). The molecule has 2 unspecified atom stereocenters. The highest BCUT2D eigenvalue weighted by atomic mass is 32.2. The second-order valence-electron chi connectivity index (χ2n) is 8.08. The summed E-state index contributed by atoms with van der Waals surface area (Å²) in [6.07, 6.45) is 3.83. The summed E-state index contributed by atoms with van der Waals surface area (Å²) in [5.41, 5.74) is 4.82. The molecule has 2 aliphatic rings. The molecule has 2 aromatic rings. The minimum atomic E-state index is -3.66. The van der Waals surface area contributed by atoms with Crippen molar-refractivity contribution in [1.82, 2.24) is 14.8 Å². The van der Waals surface area contributed by atoms with E-state index < -0.39 is 22.8 Å². The summed E-state index contributed by atoms with van der Waals surface area (Å²) in [6.45, 7) is 1.40. The third-order valence-corrected chi connectivity index (χ3v) is 6.91. The predicted molar refractivity (Wildman–Crippen MR) is 104 cm³/mol. The molecule has 0 radical (unpaired) electrons. The number of nitrogens with zero attached hydrogens (tertiary/aromatic N) is 4. The van der Waals surface area contributed by atoms with Gasteiger partial charge in [0.2, 0.25) is 6.35 Å². The number of fused-ring (bicyclic) bond motifs is 2. The summed E-state index contributed by atoms with van der Waals surface area (Å²) in [7, 11) is -3.66. The van der Waals surface area contributed by atoms with E-state index in [2.05, 4.69) is 28.6 Å². The van der Waals surface area contributed by atoms with Crippen LogP contribution in [-0.4, -0.2) is 30.4 Å². The van der Waals surface area contributed by atoms with Gasteiger partial charge in [-0.2, -0.15) is 18.2 Å². The minimum Gasteiger partial charge on any atom is -0.355 e. The van der Waals surface area contributed by atoms with E-state index in [1.165, 1.54) is 0 Å². The summed E-state index contributed by atoms with van der Waals surface area (Å²) < 4.78 is 42.2. The number of hydrogen-bond acceptors (Lipinski definition) is 6. The van der Waals surface area contributed by atoms with Crippen molar-refractivity contribution in [2.24, 2.45) is 9.50 Å². The van der Waals surface area contributed by atoms with Gasteiger partial charge in [-0.05, 0) is 49.3 Å². The van der Waals surface area contributed by atoms with Crippen molar-refractivity contribution < 1.29 is 18.1 Å². The lowest BCUT2D eigenvalue weighted by atomic mass is 9.90. The van der Waals surface area contributed by atoms with Crippen molar-refractivity contribution in [2.75, 3.05) is 5.32 Å².